The summed E-state index contributed by atoms with van der Waals surface area (Å²) in [5.74, 6) is -2.59. The number of hydrogen-bond acceptors (Lipinski definition) is 2. The predicted octanol–water partition coefficient (Wildman–Crippen LogP) is 2.87. The van der Waals surface area contributed by atoms with Crippen molar-refractivity contribution in [1.29, 1.82) is 0 Å². The fourth-order valence-corrected chi connectivity index (χ4v) is 3.19. The van der Waals surface area contributed by atoms with Crippen LogP contribution in [0.2, 0.25) is 0 Å². The van der Waals surface area contributed by atoms with Crippen molar-refractivity contribution < 1.29 is 8.78 Å². The Morgan fingerprint density at radius 3 is 2.28 bits per heavy atom. The number of anilines is 1. The molecule has 2 nitrogen and oxygen atoms in total. The molecule has 18 heavy (non-hydrogen) atoms. The van der Waals surface area contributed by atoms with Crippen molar-refractivity contribution in [3.63, 3.8) is 0 Å². The van der Waals surface area contributed by atoms with Gasteiger partial charge in [-0.1, -0.05) is 18.2 Å². The summed E-state index contributed by atoms with van der Waals surface area (Å²) in [6.07, 6.45) is 1.87. The minimum atomic E-state index is -2.59. The number of nitrogens with zero attached hydrogens (tertiary/aromatic N) is 1. The number of rotatable bonds is 2. The van der Waals surface area contributed by atoms with E-state index in [2.05, 4.69) is 4.90 Å². The number of nitrogens with two attached hydrogens (primary N) is 1. The zero-order valence-corrected chi connectivity index (χ0v) is 10.3. The van der Waals surface area contributed by atoms with Crippen LogP contribution in [0, 0.1) is 0 Å². The van der Waals surface area contributed by atoms with Crippen molar-refractivity contribution in [2.24, 2.45) is 5.73 Å². The number of benzene rings is 1. The minimum absolute atomic E-state index is 0.231. The summed E-state index contributed by atoms with van der Waals surface area (Å²) in [6.45, 7) is 2.01. The van der Waals surface area contributed by atoms with Crippen LogP contribution in [0.25, 0.3) is 0 Å². The van der Waals surface area contributed by atoms with Crippen LogP contribution in [0.4, 0.5) is 14.5 Å². The summed E-state index contributed by atoms with van der Waals surface area (Å²) < 4.78 is 26.3. The topological polar surface area (TPSA) is 29.3 Å². The van der Waals surface area contributed by atoms with Crippen LogP contribution < -0.4 is 10.6 Å². The van der Waals surface area contributed by atoms with Crippen molar-refractivity contribution >= 4 is 5.69 Å². The maximum absolute atomic E-state index is 13.1. The lowest BCUT2D eigenvalue weighted by atomic mass is 9.69. The maximum Gasteiger partial charge on any atom is 0.252 e. The second-order valence-electron chi connectivity index (χ2n) is 5.58. The van der Waals surface area contributed by atoms with Gasteiger partial charge in [-0.3, -0.25) is 0 Å². The van der Waals surface area contributed by atoms with Crippen LogP contribution in [0.1, 0.15) is 31.2 Å². The normalized spacial score (nSPS) is 24.9. The number of alkyl halides is 2. The van der Waals surface area contributed by atoms with E-state index in [1.54, 1.807) is 0 Å². The molecule has 1 saturated heterocycles. The maximum atomic E-state index is 13.1. The molecule has 1 aromatic carbocycles. The first kappa shape index (κ1) is 11.9. The van der Waals surface area contributed by atoms with Crippen molar-refractivity contribution in [3.8, 4) is 0 Å². The Morgan fingerprint density at radius 2 is 1.67 bits per heavy atom. The van der Waals surface area contributed by atoms with E-state index in [0.29, 0.717) is 0 Å². The molecule has 98 valence electrons. The molecule has 2 fully saturated rings. The molecular formula is C14H18F2N2. The monoisotopic (exact) mass is 252 g/mol. The Morgan fingerprint density at radius 1 is 1.06 bits per heavy atom. The molecular weight excluding hydrogens is 234 g/mol. The standard InChI is InChI=1S/C14H18F2N2/c15-14(16)9-13(17,10-14)11-5-1-2-6-12(11)18-7-3-4-8-18/h1-2,5-6H,3-4,7-10,17H2. The fraction of sp³-hybridized carbons (Fsp3) is 0.571. The van der Waals surface area contributed by atoms with Gasteiger partial charge in [-0.25, -0.2) is 8.78 Å². The first-order valence-electron chi connectivity index (χ1n) is 6.51. The van der Waals surface area contributed by atoms with Crippen LogP contribution in [0.5, 0.6) is 0 Å². The molecule has 0 radical (unpaired) electrons. The van der Waals surface area contributed by atoms with Gasteiger partial charge >= 0.3 is 0 Å². The highest BCUT2D eigenvalue weighted by atomic mass is 19.3. The molecule has 3 rings (SSSR count). The molecule has 4 heteroatoms. The average molecular weight is 252 g/mol. The van der Waals surface area contributed by atoms with Crippen molar-refractivity contribution in [1.82, 2.24) is 0 Å². The minimum Gasteiger partial charge on any atom is -0.371 e. The molecule has 1 aromatic rings. The lowest BCUT2D eigenvalue weighted by Gasteiger charge is -2.46. The first-order valence-corrected chi connectivity index (χ1v) is 6.51. The zero-order valence-electron chi connectivity index (χ0n) is 10.3. The third-order valence-electron chi connectivity index (χ3n) is 4.04. The quantitative estimate of drug-likeness (QED) is 0.877. The highest BCUT2D eigenvalue weighted by molar-refractivity contribution is 5.58. The summed E-state index contributed by atoms with van der Waals surface area (Å²) in [4.78, 5) is 2.26. The van der Waals surface area contributed by atoms with Gasteiger partial charge in [-0.2, -0.15) is 0 Å². The summed E-state index contributed by atoms with van der Waals surface area (Å²) in [5, 5.41) is 0. The molecule has 0 amide bonds. The largest absolute Gasteiger partial charge is 0.371 e. The second-order valence-corrected chi connectivity index (χ2v) is 5.58. The van der Waals surface area contributed by atoms with Gasteiger partial charge < -0.3 is 10.6 Å². The van der Waals surface area contributed by atoms with E-state index in [0.717, 1.165) is 24.3 Å². The van der Waals surface area contributed by atoms with E-state index in [4.69, 9.17) is 5.73 Å². The lowest BCUT2D eigenvalue weighted by molar-refractivity contribution is -0.124. The highest BCUT2D eigenvalue weighted by Gasteiger charge is 2.56. The highest BCUT2D eigenvalue weighted by Crippen LogP contribution is 2.52. The third-order valence-corrected chi connectivity index (χ3v) is 4.04. The Bertz CT molecular complexity index is 445. The average Bonchev–Trinajstić information content (AvgIpc) is 2.79. The van der Waals surface area contributed by atoms with E-state index >= 15 is 0 Å². The summed E-state index contributed by atoms with van der Waals surface area (Å²) in [6, 6.07) is 7.76. The SMILES string of the molecule is NC1(c2ccccc2N2CCCC2)CC(F)(F)C1. The third kappa shape index (κ3) is 1.88. The smallest absolute Gasteiger partial charge is 0.252 e. The van der Waals surface area contributed by atoms with Crippen LogP contribution >= 0.6 is 0 Å². The van der Waals surface area contributed by atoms with E-state index in [1.807, 2.05) is 24.3 Å². The summed E-state index contributed by atoms with van der Waals surface area (Å²) in [5.41, 5.74) is 7.25. The van der Waals surface area contributed by atoms with Crippen molar-refractivity contribution in [2.45, 2.75) is 37.1 Å². The molecule has 2 N–H and O–H groups in total. The van der Waals surface area contributed by atoms with E-state index in [-0.39, 0.29) is 12.8 Å². The van der Waals surface area contributed by atoms with Crippen molar-refractivity contribution in [2.75, 3.05) is 18.0 Å². The Hall–Kier alpha value is -1.16. The van der Waals surface area contributed by atoms with Gasteiger partial charge in [0.15, 0.2) is 0 Å². The molecule has 1 aliphatic carbocycles. The van der Waals surface area contributed by atoms with Crippen LogP contribution in [0.15, 0.2) is 24.3 Å². The number of hydrogen-bond donors (Lipinski definition) is 1. The van der Waals surface area contributed by atoms with Crippen LogP contribution in [0.3, 0.4) is 0 Å². The lowest BCUT2D eigenvalue weighted by Crippen LogP contribution is -2.56. The Labute approximate surface area is 106 Å². The molecule has 0 spiro atoms. The molecule has 1 saturated carbocycles. The van der Waals surface area contributed by atoms with Gasteiger partial charge in [-0.05, 0) is 24.5 Å². The number of para-hydroxylation sites is 1. The molecule has 0 atom stereocenters. The van der Waals surface area contributed by atoms with Crippen LogP contribution in [-0.4, -0.2) is 19.0 Å². The predicted molar refractivity (Wildman–Crippen MR) is 67.9 cm³/mol. The van der Waals surface area contributed by atoms with Gasteiger partial charge in [0.1, 0.15) is 0 Å². The number of halogens is 2. The summed E-state index contributed by atoms with van der Waals surface area (Å²) in [7, 11) is 0. The van der Waals surface area contributed by atoms with Gasteiger partial charge in [0.2, 0.25) is 0 Å². The first-order chi connectivity index (χ1) is 8.50. The van der Waals surface area contributed by atoms with Gasteiger partial charge in [0, 0.05) is 31.6 Å². The van der Waals surface area contributed by atoms with E-state index in [1.165, 1.54) is 12.8 Å². The zero-order chi connectivity index (χ0) is 12.8. The molecule has 0 aromatic heterocycles. The molecule has 1 heterocycles. The Balaban J connectivity index is 1.92. The van der Waals surface area contributed by atoms with Gasteiger partial charge in [0.05, 0.1) is 5.54 Å². The van der Waals surface area contributed by atoms with E-state index < -0.39 is 11.5 Å². The van der Waals surface area contributed by atoms with E-state index in [9.17, 15) is 8.78 Å². The van der Waals surface area contributed by atoms with Gasteiger partial charge in [-0.15, -0.1) is 0 Å². The van der Waals surface area contributed by atoms with Gasteiger partial charge in [0.25, 0.3) is 5.92 Å². The Kier molecular flexibility index (Phi) is 2.59. The van der Waals surface area contributed by atoms with Crippen LogP contribution in [-0.2, 0) is 5.54 Å². The molecule has 1 aliphatic heterocycles. The summed E-state index contributed by atoms with van der Waals surface area (Å²) >= 11 is 0. The second kappa shape index (κ2) is 3.92. The molecule has 2 aliphatic rings. The molecule has 0 bridgehead atoms. The van der Waals surface area contributed by atoms with Crippen molar-refractivity contribution in [3.05, 3.63) is 29.8 Å². The molecule has 0 unspecified atom stereocenters. The fourth-order valence-electron chi connectivity index (χ4n) is 3.19.